The number of benzene rings is 3. The van der Waals surface area contributed by atoms with Crippen molar-refractivity contribution in [3.8, 4) is 22.6 Å². The van der Waals surface area contributed by atoms with Crippen LogP contribution in [-0.2, 0) is 55.1 Å². The molecule has 5 heterocycles. The summed E-state index contributed by atoms with van der Waals surface area (Å²) in [6.07, 6.45) is 8.33. The van der Waals surface area contributed by atoms with Gasteiger partial charge in [0, 0.05) is 87.4 Å². The maximum Gasteiger partial charge on any atom is 0.256 e. The maximum absolute atomic E-state index is 15.4. The quantitative estimate of drug-likeness (QED) is 0.0364. The number of hydrogen-bond acceptors (Lipinski definition) is 11. The van der Waals surface area contributed by atoms with Crippen LogP contribution < -0.4 is 25.0 Å². The van der Waals surface area contributed by atoms with Gasteiger partial charge in [0.1, 0.15) is 24.7 Å². The number of anilines is 1. The Morgan fingerprint density at radius 3 is 2.59 bits per heavy atom. The largest absolute Gasteiger partial charge is 0.503 e. The van der Waals surface area contributed by atoms with E-state index in [9.17, 15) is 14.4 Å². The number of unbranched alkanes of at least 4 members (excludes halogenated alkanes) is 4. The van der Waals surface area contributed by atoms with Crippen molar-refractivity contribution in [3.63, 3.8) is 0 Å². The van der Waals surface area contributed by atoms with Crippen molar-refractivity contribution >= 4 is 57.4 Å². The molecule has 0 saturated carbocycles. The summed E-state index contributed by atoms with van der Waals surface area (Å²) in [4.78, 5) is 53.3. The number of ether oxygens (including phenoxy) is 2. The Morgan fingerprint density at radius 2 is 1.79 bits per heavy atom. The normalized spacial score (nSPS) is 16.6. The first-order valence-electron chi connectivity index (χ1n) is 21.7. The fraction of sp³-hybridized carbons (Fsp3) is 0.426. The van der Waals surface area contributed by atoms with E-state index in [-0.39, 0.29) is 44.1 Å². The first-order chi connectivity index (χ1) is 30.3. The molecular formula is C47H52ClFHfN7O5S-. The number of piperazine rings is 1. The Kier molecular flexibility index (Phi) is 16.4. The van der Waals surface area contributed by atoms with Crippen LogP contribution in [0.2, 0.25) is 5.02 Å². The average molecular weight is 1060 g/mol. The van der Waals surface area contributed by atoms with Crippen molar-refractivity contribution in [2.75, 3.05) is 50.8 Å². The Morgan fingerprint density at radius 1 is 1.00 bits per heavy atom. The molecule has 63 heavy (non-hydrogen) atoms. The molecule has 3 aliphatic heterocycles. The molecule has 3 amide bonds. The smallest absolute Gasteiger partial charge is 0.256 e. The summed E-state index contributed by atoms with van der Waals surface area (Å²) in [5.74, 6) is 0.716. The number of hydrogen-bond donors (Lipinski definition) is 2. The van der Waals surface area contributed by atoms with Gasteiger partial charge in [-0.2, -0.15) is 0 Å². The molecule has 3 aromatic carbocycles. The third kappa shape index (κ3) is 11.2. The summed E-state index contributed by atoms with van der Waals surface area (Å²) >= 11 is 8.34. The van der Waals surface area contributed by atoms with Crippen molar-refractivity contribution in [3.05, 3.63) is 98.7 Å². The van der Waals surface area contributed by atoms with Gasteiger partial charge in [0.25, 0.3) is 5.91 Å². The molecule has 3 aliphatic rings. The van der Waals surface area contributed by atoms with Gasteiger partial charge in [-0.3, -0.25) is 29.6 Å². The standard InChI is InChI=1S/C47H52ClFN7O5S.Hf/c1-2-18-54-19-21-55(22-20-54)45-34-24-37(48)33(25-39(34)51-30-52-45)44-38(49)9-8-10-41(44)60-23-7-5-3-4-6-17-50-26-31-11-13-32(14-12-31)61-28-42-35-27-56(47(59)36(35)29-62-42)40-15-16-43(57)53-46(40)58;/h8-14,24,29-30,40,50H,2-7,15-23,26-28H2,1H3,(H,53,57,58);/q-1;. The van der Waals surface area contributed by atoms with Crippen molar-refractivity contribution < 1.29 is 54.1 Å². The summed E-state index contributed by atoms with van der Waals surface area (Å²) < 4.78 is 27.7. The minimum atomic E-state index is -0.626. The molecule has 2 aromatic heterocycles. The molecule has 0 bridgehead atoms. The number of amides is 3. The summed E-state index contributed by atoms with van der Waals surface area (Å²) in [5.41, 5.74) is 3.99. The molecule has 2 saturated heterocycles. The van der Waals surface area contributed by atoms with Crippen LogP contribution in [0.5, 0.6) is 11.5 Å². The van der Waals surface area contributed by atoms with E-state index in [4.69, 9.17) is 21.1 Å². The molecule has 8 rings (SSSR count). The summed E-state index contributed by atoms with van der Waals surface area (Å²) in [6, 6.07) is 17.4. The molecule has 0 radical (unpaired) electrons. The first kappa shape index (κ1) is 46.7. The number of nitrogens with one attached hydrogen (secondary N) is 2. The molecular weight excluding hydrogens is 1010 g/mol. The molecule has 1 unspecified atom stereocenters. The van der Waals surface area contributed by atoms with Crippen LogP contribution in [0.1, 0.15) is 84.7 Å². The third-order valence-electron chi connectivity index (χ3n) is 11.8. The van der Waals surface area contributed by atoms with E-state index in [1.807, 2.05) is 35.7 Å². The maximum atomic E-state index is 15.4. The van der Waals surface area contributed by atoms with Crippen LogP contribution in [-0.4, -0.2) is 89.4 Å². The topological polar surface area (TPSA) is 129 Å². The van der Waals surface area contributed by atoms with Gasteiger partial charge in [0.05, 0.1) is 29.6 Å². The second kappa shape index (κ2) is 22.1. The molecule has 330 valence electrons. The number of halogens is 2. The number of fused-ring (bicyclic) bond motifs is 2. The second-order valence-electron chi connectivity index (χ2n) is 16.1. The Labute approximate surface area is 395 Å². The van der Waals surface area contributed by atoms with E-state index in [0.717, 1.165) is 117 Å². The Balaban J connectivity index is 0.00000595. The second-order valence-corrected chi connectivity index (χ2v) is 17.4. The van der Waals surface area contributed by atoms with Gasteiger partial charge in [-0.05, 0) is 90.1 Å². The van der Waals surface area contributed by atoms with Gasteiger partial charge in [-0.1, -0.05) is 44.4 Å². The average Bonchev–Trinajstić information content (AvgIpc) is 3.83. The SMILES string of the molecule is CCCN1CCN(c2ncnc3[c-]c(-c4c(F)cccc4OCCCCCCCNCc4ccc(OCc5scc6c5CN(C5CCC(=O)NC5=O)C6=O)cc4)c(Cl)cc23)CC1.[Hf]. The molecule has 2 fully saturated rings. The number of rotatable bonds is 19. The fourth-order valence-corrected chi connectivity index (χ4v) is 9.67. The van der Waals surface area contributed by atoms with E-state index in [0.29, 0.717) is 59.2 Å². The number of imide groups is 1. The molecule has 12 nitrogen and oxygen atoms in total. The van der Waals surface area contributed by atoms with Gasteiger partial charge < -0.3 is 24.6 Å². The van der Waals surface area contributed by atoms with E-state index < -0.39 is 17.8 Å². The van der Waals surface area contributed by atoms with Gasteiger partial charge in [0.2, 0.25) is 11.8 Å². The zero-order chi connectivity index (χ0) is 43.0. The molecule has 0 aliphatic carbocycles. The first-order valence-corrected chi connectivity index (χ1v) is 22.9. The molecule has 0 spiro atoms. The van der Waals surface area contributed by atoms with Crippen molar-refractivity contribution in [1.82, 2.24) is 30.4 Å². The van der Waals surface area contributed by atoms with Gasteiger partial charge in [0.15, 0.2) is 0 Å². The number of nitrogens with zero attached hydrogens (tertiary/aromatic N) is 5. The van der Waals surface area contributed by atoms with Gasteiger partial charge in [-0.15, -0.1) is 40.6 Å². The summed E-state index contributed by atoms with van der Waals surface area (Å²) in [7, 11) is 0. The predicted molar refractivity (Wildman–Crippen MR) is 239 cm³/mol. The summed E-state index contributed by atoms with van der Waals surface area (Å²) in [5, 5.41) is 8.89. The predicted octanol–water partition coefficient (Wildman–Crippen LogP) is 7.94. The van der Waals surface area contributed by atoms with Crippen LogP contribution in [0.15, 0.2) is 60.2 Å². The fourth-order valence-electron chi connectivity index (χ4n) is 8.47. The zero-order valence-corrected chi connectivity index (χ0v) is 40.7. The zero-order valence-electron chi connectivity index (χ0n) is 35.5. The monoisotopic (exact) mass is 1060 g/mol. The van der Waals surface area contributed by atoms with E-state index in [1.54, 1.807) is 23.4 Å². The Hall–Kier alpha value is -4.28. The molecule has 2 N–H and O–H groups in total. The number of carbonyl (C=O) groups excluding carboxylic acids is 3. The van der Waals surface area contributed by atoms with E-state index >= 15 is 4.39 Å². The van der Waals surface area contributed by atoms with Gasteiger partial charge in [-0.25, -0.2) is 9.37 Å². The van der Waals surface area contributed by atoms with Crippen LogP contribution in [0, 0.1) is 11.9 Å². The van der Waals surface area contributed by atoms with Crippen molar-refractivity contribution in [2.45, 2.75) is 84.0 Å². The van der Waals surface area contributed by atoms with Crippen molar-refractivity contribution in [1.29, 1.82) is 0 Å². The summed E-state index contributed by atoms with van der Waals surface area (Å²) in [6.45, 7) is 9.79. The number of aromatic nitrogens is 2. The minimum Gasteiger partial charge on any atom is -0.503 e. The van der Waals surface area contributed by atoms with Crippen LogP contribution >= 0.6 is 22.9 Å². The van der Waals surface area contributed by atoms with Crippen molar-refractivity contribution in [2.24, 2.45) is 0 Å². The minimum absolute atomic E-state index is 0. The molecule has 16 heteroatoms. The number of carbonyl (C=O) groups is 3. The van der Waals surface area contributed by atoms with Crippen LogP contribution in [0.4, 0.5) is 10.2 Å². The molecule has 1 atom stereocenters. The van der Waals surface area contributed by atoms with E-state index in [2.05, 4.69) is 43.4 Å². The number of piperidine rings is 1. The number of thiophene rings is 1. The van der Waals surface area contributed by atoms with E-state index in [1.165, 1.54) is 17.4 Å². The van der Waals surface area contributed by atoms with Gasteiger partial charge >= 0.3 is 0 Å². The Bertz CT molecular complexity index is 2400. The third-order valence-corrected chi connectivity index (χ3v) is 13.1. The van der Waals surface area contributed by atoms with Crippen LogP contribution in [0.3, 0.4) is 0 Å². The molecule has 5 aromatic rings. The van der Waals surface area contributed by atoms with Crippen LogP contribution in [0.25, 0.3) is 22.0 Å².